The highest BCUT2D eigenvalue weighted by atomic mass is 16.5. The summed E-state index contributed by atoms with van der Waals surface area (Å²) in [5.41, 5.74) is 3.69. The maximum atomic E-state index is 10.8. The van der Waals surface area contributed by atoms with E-state index in [9.17, 15) is 10.2 Å². The number of rotatable bonds is 50. The third-order valence-corrected chi connectivity index (χ3v) is 13.0. The van der Waals surface area contributed by atoms with E-state index in [-0.39, 0.29) is 0 Å². The molecule has 0 aromatic heterocycles. The summed E-state index contributed by atoms with van der Waals surface area (Å²) in [5, 5.41) is 31.8. The van der Waals surface area contributed by atoms with Crippen LogP contribution in [0.1, 0.15) is 245 Å². The Hall–Kier alpha value is -2.32. The molecule has 5 N–H and O–H groups in total. The van der Waals surface area contributed by atoms with Gasteiger partial charge in [0.25, 0.3) is 0 Å². The van der Waals surface area contributed by atoms with Crippen molar-refractivity contribution in [3.63, 3.8) is 0 Å². The van der Waals surface area contributed by atoms with Gasteiger partial charge in [0.05, 0.1) is 36.8 Å². The molecular formula is C58H105N3O4. The number of hydrogen-bond donors (Lipinski definition) is 5. The van der Waals surface area contributed by atoms with Crippen LogP contribution < -0.4 is 16.0 Å². The highest BCUT2D eigenvalue weighted by Crippen LogP contribution is 2.28. The SMILES string of the molecule is CCCCCCCCCCCCCCCCCCCCOCC(O)CNc1ccc(Nc2ccccc2)cc1NCC(O)COCCCCCCCCCCCCCCCCCCCC. The van der Waals surface area contributed by atoms with Crippen LogP contribution in [0.4, 0.5) is 22.7 Å². The Labute approximate surface area is 402 Å². The van der Waals surface area contributed by atoms with Crippen LogP contribution in [-0.4, -0.2) is 61.9 Å². The first kappa shape index (κ1) is 58.8. The Kier molecular flexibility index (Phi) is 41.1. The summed E-state index contributed by atoms with van der Waals surface area (Å²) in [5.74, 6) is 0. The molecule has 2 unspecified atom stereocenters. The molecule has 0 radical (unpaired) electrons. The van der Waals surface area contributed by atoms with E-state index < -0.39 is 12.2 Å². The quantitative estimate of drug-likeness (QED) is 0.0422. The lowest BCUT2D eigenvalue weighted by Gasteiger charge is -2.20. The van der Waals surface area contributed by atoms with E-state index in [4.69, 9.17) is 9.47 Å². The predicted molar refractivity (Wildman–Crippen MR) is 284 cm³/mol. The van der Waals surface area contributed by atoms with Gasteiger partial charge in [-0.25, -0.2) is 0 Å². The molecule has 0 spiro atoms. The Balaban J connectivity index is 1.51. The number of aliphatic hydroxyl groups excluding tert-OH is 2. The minimum absolute atomic E-state index is 0.312. The molecule has 0 aliphatic rings. The molecule has 65 heavy (non-hydrogen) atoms. The molecule has 7 nitrogen and oxygen atoms in total. The summed E-state index contributed by atoms with van der Waals surface area (Å²) in [6.45, 7) is 7.35. The molecule has 2 aromatic carbocycles. The standard InChI is InChI=1S/C58H105N3O4/c1-3-5-7-9-11-13-15-17-19-21-23-25-27-29-31-33-35-40-46-64-51-55(62)49-59-57-45-44-54(61-53-42-38-37-39-43-53)48-58(57)60-50-56(63)52-65-47-41-36-34-32-30-28-26-24-22-20-18-16-14-12-10-8-6-4-2/h37-39,42-45,48,55-56,59-63H,3-36,40-41,46-47,49-52H2,1-2H3. The maximum Gasteiger partial charge on any atom is 0.0945 e. The van der Waals surface area contributed by atoms with E-state index in [1.807, 2.05) is 48.5 Å². The van der Waals surface area contributed by atoms with E-state index in [1.54, 1.807) is 0 Å². The van der Waals surface area contributed by atoms with Gasteiger partial charge in [-0.3, -0.25) is 0 Å². The molecule has 0 aliphatic carbocycles. The zero-order valence-electron chi connectivity index (χ0n) is 42.7. The summed E-state index contributed by atoms with van der Waals surface area (Å²) < 4.78 is 11.7. The summed E-state index contributed by atoms with van der Waals surface area (Å²) >= 11 is 0. The summed E-state index contributed by atoms with van der Waals surface area (Å²) in [4.78, 5) is 0. The van der Waals surface area contributed by atoms with Crippen LogP contribution in [0, 0.1) is 0 Å². The monoisotopic (exact) mass is 908 g/mol. The summed E-state index contributed by atoms with van der Waals surface area (Å²) in [7, 11) is 0. The van der Waals surface area contributed by atoms with E-state index in [0.29, 0.717) is 39.5 Å². The fourth-order valence-electron chi connectivity index (χ4n) is 8.83. The number of nitrogens with one attached hydrogen (secondary N) is 3. The van der Waals surface area contributed by atoms with Crippen LogP contribution in [0.15, 0.2) is 48.5 Å². The summed E-state index contributed by atoms with van der Waals surface area (Å²) in [6.07, 6.45) is 48.0. The van der Waals surface area contributed by atoms with Crippen LogP contribution in [0.3, 0.4) is 0 Å². The van der Waals surface area contributed by atoms with Crippen LogP contribution in [0.5, 0.6) is 0 Å². The molecule has 0 fully saturated rings. The first-order valence-corrected chi connectivity index (χ1v) is 28.1. The van der Waals surface area contributed by atoms with Gasteiger partial charge in [-0.15, -0.1) is 0 Å². The first-order chi connectivity index (χ1) is 32.1. The molecule has 0 aliphatic heterocycles. The minimum Gasteiger partial charge on any atom is -0.389 e. The second kappa shape index (κ2) is 45.5. The fourth-order valence-corrected chi connectivity index (χ4v) is 8.83. The van der Waals surface area contributed by atoms with Gasteiger partial charge in [-0.1, -0.05) is 250 Å². The molecule has 0 saturated carbocycles. The lowest BCUT2D eigenvalue weighted by molar-refractivity contribution is 0.0414. The molecular weight excluding hydrogens is 803 g/mol. The minimum atomic E-state index is -0.623. The smallest absolute Gasteiger partial charge is 0.0945 e. The lowest BCUT2D eigenvalue weighted by Crippen LogP contribution is -2.27. The van der Waals surface area contributed by atoms with Crippen molar-refractivity contribution >= 4 is 22.7 Å². The molecule has 376 valence electrons. The van der Waals surface area contributed by atoms with Gasteiger partial charge in [0.15, 0.2) is 0 Å². The van der Waals surface area contributed by atoms with Crippen molar-refractivity contribution in [3.8, 4) is 0 Å². The van der Waals surface area contributed by atoms with E-state index in [2.05, 4.69) is 29.8 Å². The third-order valence-electron chi connectivity index (χ3n) is 13.0. The van der Waals surface area contributed by atoms with Crippen molar-refractivity contribution in [1.82, 2.24) is 0 Å². The molecule has 2 aromatic rings. The van der Waals surface area contributed by atoms with Gasteiger partial charge in [0.1, 0.15) is 0 Å². The number of para-hydroxylation sites is 1. The molecule has 0 heterocycles. The fraction of sp³-hybridized carbons (Fsp3) is 0.793. The van der Waals surface area contributed by atoms with E-state index in [0.717, 1.165) is 35.6 Å². The second-order valence-corrected chi connectivity index (χ2v) is 19.5. The highest BCUT2D eigenvalue weighted by Gasteiger charge is 2.11. The number of anilines is 4. The maximum absolute atomic E-state index is 10.8. The van der Waals surface area contributed by atoms with Gasteiger partial charge < -0.3 is 35.6 Å². The molecule has 2 atom stereocenters. The van der Waals surface area contributed by atoms with Gasteiger partial charge in [-0.2, -0.15) is 0 Å². The lowest BCUT2D eigenvalue weighted by atomic mass is 10.0. The number of benzene rings is 2. The molecule has 0 bridgehead atoms. The zero-order valence-corrected chi connectivity index (χ0v) is 42.7. The normalized spacial score (nSPS) is 12.4. The van der Waals surface area contributed by atoms with Gasteiger partial charge in [0, 0.05) is 37.7 Å². The van der Waals surface area contributed by atoms with Gasteiger partial charge in [0.2, 0.25) is 0 Å². The Morgan fingerprint density at radius 1 is 0.369 bits per heavy atom. The summed E-state index contributed by atoms with van der Waals surface area (Å²) in [6, 6.07) is 16.2. The van der Waals surface area contributed by atoms with Gasteiger partial charge >= 0.3 is 0 Å². The second-order valence-electron chi connectivity index (χ2n) is 19.5. The van der Waals surface area contributed by atoms with E-state index in [1.165, 1.54) is 218 Å². The van der Waals surface area contributed by atoms with Crippen molar-refractivity contribution in [2.45, 2.75) is 257 Å². The van der Waals surface area contributed by atoms with Crippen molar-refractivity contribution in [2.75, 3.05) is 55.5 Å². The number of unbranched alkanes of at least 4 members (excludes halogenated alkanes) is 34. The Morgan fingerprint density at radius 2 is 0.692 bits per heavy atom. The largest absolute Gasteiger partial charge is 0.389 e. The van der Waals surface area contributed by atoms with Crippen LogP contribution >= 0.6 is 0 Å². The van der Waals surface area contributed by atoms with E-state index >= 15 is 0 Å². The van der Waals surface area contributed by atoms with Crippen molar-refractivity contribution in [2.24, 2.45) is 0 Å². The number of ether oxygens (including phenoxy) is 2. The molecule has 0 saturated heterocycles. The van der Waals surface area contributed by atoms with Crippen LogP contribution in [0.25, 0.3) is 0 Å². The van der Waals surface area contributed by atoms with Crippen molar-refractivity contribution < 1.29 is 19.7 Å². The zero-order chi connectivity index (χ0) is 46.4. The Bertz CT molecular complexity index is 1260. The number of hydrogen-bond acceptors (Lipinski definition) is 7. The molecule has 2 rings (SSSR count). The Morgan fingerprint density at radius 3 is 1.05 bits per heavy atom. The number of aliphatic hydroxyl groups is 2. The van der Waals surface area contributed by atoms with Crippen LogP contribution in [-0.2, 0) is 9.47 Å². The topological polar surface area (TPSA) is 95.0 Å². The molecule has 0 amide bonds. The average molecular weight is 908 g/mol. The van der Waals surface area contributed by atoms with Crippen molar-refractivity contribution in [1.29, 1.82) is 0 Å². The van der Waals surface area contributed by atoms with Crippen molar-refractivity contribution in [3.05, 3.63) is 48.5 Å². The van der Waals surface area contributed by atoms with Crippen LogP contribution in [0.2, 0.25) is 0 Å². The van der Waals surface area contributed by atoms with Gasteiger partial charge in [-0.05, 0) is 43.2 Å². The molecule has 7 heteroatoms. The first-order valence-electron chi connectivity index (χ1n) is 28.1. The highest BCUT2D eigenvalue weighted by molar-refractivity contribution is 5.76. The predicted octanol–water partition coefficient (Wildman–Crippen LogP) is 17.1. The average Bonchev–Trinajstić information content (AvgIpc) is 3.32. The third kappa shape index (κ3) is 37.4.